The van der Waals surface area contributed by atoms with E-state index >= 15 is 0 Å². The highest BCUT2D eigenvalue weighted by molar-refractivity contribution is 7.91. The van der Waals surface area contributed by atoms with Gasteiger partial charge in [0, 0.05) is 24.7 Å². The lowest BCUT2D eigenvalue weighted by atomic mass is 10.1. The fraction of sp³-hybridized carbons (Fsp3) is 0.562. The summed E-state index contributed by atoms with van der Waals surface area (Å²) in [4.78, 5) is 8.77. The average molecular weight is 390 g/mol. The number of hydrogen-bond donors (Lipinski definition) is 1. The first-order valence-electron chi connectivity index (χ1n) is 8.84. The van der Waals surface area contributed by atoms with E-state index in [1.165, 1.54) is 6.33 Å². The number of aryl methyl sites for hydroxylation is 2. The zero-order chi connectivity index (χ0) is 19.2. The lowest BCUT2D eigenvalue weighted by Crippen LogP contribution is -2.29. The smallest absolute Gasteiger partial charge is 0.218 e. The molecule has 4 heterocycles. The molecule has 0 aromatic carbocycles. The molecule has 3 aromatic rings. The Bertz CT molecular complexity index is 1060. The highest BCUT2D eigenvalue weighted by atomic mass is 32.2. The molecule has 1 fully saturated rings. The number of sulfone groups is 1. The summed E-state index contributed by atoms with van der Waals surface area (Å²) in [6.45, 7) is 3.98. The van der Waals surface area contributed by atoms with Crippen LogP contribution in [0.15, 0.2) is 6.33 Å². The van der Waals surface area contributed by atoms with Crippen LogP contribution in [0.1, 0.15) is 41.7 Å². The molecule has 1 aliphatic heterocycles. The van der Waals surface area contributed by atoms with E-state index < -0.39 is 9.84 Å². The number of rotatable bonds is 4. The van der Waals surface area contributed by atoms with Crippen molar-refractivity contribution in [2.45, 2.75) is 39.2 Å². The predicted molar refractivity (Wildman–Crippen MR) is 97.8 cm³/mol. The molecular formula is C16H22N8O2S. The standard InChI is InChI=1S/C16H22N8O2S/c1-10-13(11(2)23(3)21-10)7-14-19-16(15-17-9-18-20-15)22-24(14)12-5-4-6-27(25,26)8-12/h9,12H,4-8H2,1-3H3,(H,17,18,20). The third-order valence-electron chi connectivity index (χ3n) is 5.11. The first-order valence-corrected chi connectivity index (χ1v) is 10.7. The number of nitrogens with one attached hydrogen (secondary N) is 1. The molecule has 0 amide bonds. The summed E-state index contributed by atoms with van der Waals surface area (Å²) in [5, 5.41) is 15.7. The molecule has 0 radical (unpaired) electrons. The van der Waals surface area contributed by atoms with Crippen LogP contribution in [0.5, 0.6) is 0 Å². The zero-order valence-corrected chi connectivity index (χ0v) is 16.4. The van der Waals surface area contributed by atoms with E-state index in [0.29, 0.717) is 30.3 Å². The minimum Gasteiger partial charge on any atom is -0.272 e. The maximum Gasteiger partial charge on any atom is 0.218 e. The number of aromatic nitrogens is 8. The van der Waals surface area contributed by atoms with E-state index in [2.05, 4.69) is 30.4 Å². The lowest BCUT2D eigenvalue weighted by molar-refractivity contribution is 0.423. The van der Waals surface area contributed by atoms with Gasteiger partial charge in [-0.15, -0.1) is 5.10 Å². The molecule has 0 saturated carbocycles. The van der Waals surface area contributed by atoms with E-state index in [9.17, 15) is 8.42 Å². The fourth-order valence-corrected chi connectivity index (χ4v) is 5.27. The van der Waals surface area contributed by atoms with Gasteiger partial charge in [-0.1, -0.05) is 0 Å². The van der Waals surface area contributed by atoms with Crippen molar-refractivity contribution >= 4 is 9.84 Å². The van der Waals surface area contributed by atoms with E-state index in [1.54, 1.807) is 4.68 Å². The second-order valence-electron chi connectivity index (χ2n) is 6.99. The Labute approximate surface area is 157 Å². The van der Waals surface area contributed by atoms with Crippen molar-refractivity contribution in [3.63, 3.8) is 0 Å². The van der Waals surface area contributed by atoms with Crippen molar-refractivity contribution in [3.8, 4) is 11.6 Å². The average Bonchev–Trinajstić information content (AvgIpc) is 3.31. The Morgan fingerprint density at radius 3 is 2.74 bits per heavy atom. The van der Waals surface area contributed by atoms with Crippen LogP contribution < -0.4 is 0 Å². The molecule has 0 spiro atoms. The molecule has 4 rings (SSSR count). The van der Waals surface area contributed by atoms with Gasteiger partial charge in [0.1, 0.15) is 12.2 Å². The van der Waals surface area contributed by atoms with Crippen molar-refractivity contribution in [2.24, 2.45) is 7.05 Å². The summed E-state index contributed by atoms with van der Waals surface area (Å²) >= 11 is 0. The summed E-state index contributed by atoms with van der Waals surface area (Å²) in [7, 11) is -1.16. The minimum atomic E-state index is -3.07. The number of aromatic amines is 1. The van der Waals surface area contributed by atoms with Crippen molar-refractivity contribution in [3.05, 3.63) is 29.1 Å². The number of nitrogens with zero attached hydrogens (tertiary/aromatic N) is 7. The molecule has 3 aromatic heterocycles. The second kappa shape index (κ2) is 6.55. The Balaban J connectivity index is 1.77. The molecule has 0 bridgehead atoms. The van der Waals surface area contributed by atoms with E-state index in [0.717, 1.165) is 23.4 Å². The highest BCUT2D eigenvalue weighted by Gasteiger charge is 2.30. The molecular weight excluding hydrogens is 368 g/mol. The van der Waals surface area contributed by atoms with E-state index in [1.807, 2.05) is 25.6 Å². The second-order valence-corrected chi connectivity index (χ2v) is 9.22. The Morgan fingerprint density at radius 2 is 2.11 bits per heavy atom. The summed E-state index contributed by atoms with van der Waals surface area (Å²) in [6.07, 6.45) is 3.32. The van der Waals surface area contributed by atoms with Gasteiger partial charge >= 0.3 is 0 Å². The quantitative estimate of drug-likeness (QED) is 0.697. The van der Waals surface area contributed by atoms with Crippen LogP contribution in [0.4, 0.5) is 0 Å². The van der Waals surface area contributed by atoms with Gasteiger partial charge in [0.15, 0.2) is 15.7 Å². The molecule has 1 aliphatic rings. The molecule has 0 aliphatic carbocycles. The summed E-state index contributed by atoms with van der Waals surface area (Å²) in [5.41, 5.74) is 3.07. The fourth-order valence-electron chi connectivity index (χ4n) is 3.61. The van der Waals surface area contributed by atoms with Gasteiger partial charge in [-0.3, -0.25) is 9.78 Å². The zero-order valence-electron chi connectivity index (χ0n) is 15.5. The predicted octanol–water partition coefficient (Wildman–Crippen LogP) is 0.754. The molecule has 27 heavy (non-hydrogen) atoms. The molecule has 10 nitrogen and oxygen atoms in total. The van der Waals surface area contributed by atoms with Gasteiger partial charge in [-0.05, 0) is 26.7 Å². The van der Waals surface area contributed by atoms with Gasteiger partial charge in [0.05, 0.1) is 23.2 Å². The van der Waals surface area contributed by atoms with Gasteiger partial charge in [0.2, 0.25) is 5.82 Å². The van der Waals surface area contributed by atoms with Crippen LogP contribution >= 0.6 is 0 Å². The number of hydrogen-bond acceptors (Lipinski definition) is 7. The van der Waals surface area contributed by atoms with Gasteiger partial charge < -0.3 is 0 Å². The number of H-pyrrole nitrogens is 1. The first-order chi connectivity index (χ1) is 12.8. The van der Waals surface area contributed by atoms with Gasteiger partial charge in [-0.2, -0.15) is 10.2 Å². The van der Waals surface area contributed by atoms with Crippen LogP contribution in [-0.2, 0) is 23.3 Å². The van der Waals surface area contributed by atoms with Crippen molar-refractivity contribution in [1.82, 2.24) is 39.7 Å². The maximum absolute atomic E-state index is 12.1. The third kappa shape index (κ3) is 3.38. The maximum atomic E-state index is 12.1. The van der Waals surface area contributed by atoms with Crippen molar-refractivity contribution < 1.29 is 8.42 Å². The topological polar surface area (TPSA) is 124 Å². The van der Waals surface area contributed by atoms with Crippen molar-refractivity contribution in [1.29, 1.82) is 0 Å². The Hall–Kier alpha value is -2.56. The summed E-state index contributed by atoms with van der Waals surface area (Å²) < 4.78 is 27.9. The normalized spacial score (nSPS) is 19.4. The summed E-state index contributed by atoms with van der Waals surface area (Å²) in [5.74, 6) is 1.92. The molecule has 1 unspecified atom stereocenters. The molecule has 1 atom stereocenters. The Kier molecular flexibility index (Phi) is 4.33. The van der Waals surface area contributed by atoms with Gasteiger partial charge in [-0.25, -0.2) is 23.1 Å². The van der Waals surface area contributed by atoms with E-state index in [-0.39, 0.29) is 17.5 Å². The van der Waals surface area contributed by atoms with E-state index in [4.69, 9.17) is 0 Å². The molecule has 144 valence electrons. The SMILES string of the molecule is Cc1nn(C)c(C)c1Cc1nc(-c2ncn[nH]2)nn1C1CCCS(=O)(=O)C1. The lowest BCUT2D eigenvalue weighted by Gasteiger charge is -2.23. The molecule has 1 N–H and O–H groups in total. The summed E-state index contributed by atoms with van der Waals surface area (Å²) in [6, 6.07) is -0.222. The third-order valence-corrected chi connectivity index (χ3v) is 6.91. The minimum absolute atomic E-state index is 0.0875. The van der Waals surface area contributed by atoms with Gasteiger partial charge in [0.25, 0.3) is 0 Å². The largest absolute Gasteiger partial charge is 0.272 e. The van der Waals surface area contributed by atoms with Crippen LogP contribution in [0.25, 0.3) is 11.6 Å². The monoisotopic (exact) mass is 390 g/mol. The van der Waals surface area contributed by atoms with Crippen LogP contribution in [0, 0.1) is 13.8 Å². The van der Waals surface area contributed by atoms with Crippen molar-refractivity contribution in [2.75, 3.05) is 11.5 Å². The van der Waals surface area contributed by atoms with Crippen LogP contribution in [0.3, 0.4) is 0 Å². The first kappa shape index (κ1) is 17.8. The molecule has 11 heteroatoms. The molecule has 1 saturated heterocycles. The van der Waals surface area contributed by atoms with Crippen LogP contribution in [0.2, 0.25) is 0 Å². The van der Waals surface area contributed by atoms with Crippen LogP contribution in [-0.4, -0.2) is 59.6 Å². The highest BCUT2D eigenvalue weighted by Crippen LogP contribution is 2.27. The Morgan fingerprint density at radius 1 is 1.30 bits per heavy atom.